The van der Waals surface area contributed by atoms with Crippen LogP contribution in [0.2, 0.25) is 5.02 Å². The highest BCUT2D eigenvalue weighted by molar-refractivity contribution is 6.30. The summed E-state index contributed by atoms with van der Waals surface area (Å²) in [6.07, 6.45) is 0. The minimum absolute atomic E-state index is 0.186. The Balaban J connectivity index is 1.70. The standard InChI is InChI=1S/C16H10ClFN4O2/c17-9-4-6-11(7-5-9)22-14-13(19-20-22)15(23)21(16(14)24)12-3-1-2-10(18)8-12/h1-8,13-14H/t13-,14+/m0/s1. The topological polar surface area (TPSA) is 65.3 Å². The summed E-state index contributed by atoms with van der Waals surface area (Å²) in [5.41, 5.74) is 0.781. The third-order valence-corrected chi connectivity index (χ3v) is 4.19. The highest BCUT2D eigenvalue weighted by Gasteiger charge is 2.55. The van der Waals surface area contributed by atoms with E-state index >= 15 is 0 Å². The molecule has 120 valence electrons. The van der Waals surface area contributed by atoms with E-state index in [-0.39, 0.29) is 5.69 Å². The molecule has 1 saturated heterocycles. The van der Waals surface area contributed by atoms with Crippen LogP contribution in [0.3, 0.4) is 0 Å². The fraction of sp³-hybridized carbons (Fsp3) is 0.125. The predicted octanol–water partition coefficient (Wildman–Crippen LogP) is 2.98. The molecule has 2 aromatic rings. The van der Waals surface area contributed by atoms with Gasteiger partial charge in [0.05, 0.1) is 11.4 Å². The van der Waals surface area contributed by atoms with Gasteiger partial charge in [-0.3, -0.25) is 9.59 Å². The number of nitrogens with zero attached hydrogens (tertiary/aromatic N) is 4. The molecule has 0 unspecified atom stereocenters. The Hall–Kier alpha value is -2.80. The average Bonchev–Trinajstić information content (AvgIpc) is 3.09. The van der Waals surface area contributed by atoms with Crippen molar-refractivity contribution in [2.45, 2.75) is 12.1 Å². The maximum Gasteiger partial charge on any atom is 0.263 e. The first-order valence-electron chi connectivity index (χ1n) is 7.15. The largest absolute Gasteiger partial charge is 0.271 e. The zero-order chi connectivity index (χ0) is 16.8. The molecule has 1 fully saturated rings. The van der Waals surface area contributed by atoms with Gasteiger partial charge in [-0.2, -0.15) is 5.11 Å². The molecule has 24 heavy (non-hydrogen) atoms. The summed E-state index contributed by atoms with van der Waals surface area (Å²) >= 11 is 5.86. The average molecular weight is 345 g/mol. The molecule has 2 amide bonds. The molecule has 0 N–H and O–H groups in total. The molecular weight excluding hydrogens is 335 g/mol. The number of fused-ring (bicyclic) bond motifs is 1. The van der Waals surface area contributed by atoms with Crippen LogP contribution in [0, 0.1) is 5.82 Å². The SMILES string of the molecule is O=C1[C@H]2N=NN(c3ccc(Cl)cc3)[C@H]2C(=O)N1c1cccc(F)c1. The fourth-order valence-corrected chi connectivity index (χ4v) is 2.96. The number of hydrogen-bond acceptors (Lipinski definition) is 5. The van der Waals surface area contributed by atoms with Gasteiger partial charge in [0.1, 0.15) is 5.82 Å². The van der Waals surface area contributed by atoms with E-state index in [1.807, 2.05) is 0 Å². The van der Waals surface area contributed by atoms with Crippen molar-refractivity contribution in [2.24, 2.45) is 10.3 Å². The molecule has 2 atom stereocenters. The number of benzene rings is 2. The first kappa shape index (κ1) is 14.8. The Labute approximate surface area is 141 Å². The number of anilines is 2. The maximum atomic E-state index is 13.4. The summed E-state index contributed by atoms with van der Waals surface area (Å²) in [6, 6.07) is 10.2. The van der Waals surface area contributed by atoms with Gasteiger partial charge in [-0.15, -0.1) is 0 Å². The molecule has 0 spiro atoms. The molecule has 4 rings (SSSR count). The Morgan fingerprint density at radius 1 is 1.00 bits per heavy atom. The van der Waals surface area contributed by atoms with Crippen LogP contribution < -0.4 is 9.91 Å². The molecule has 0 aromatic heterocycles. The van der Waals surface area contributed by atoms with Crippen LogP contribution in [0.15, 0.2) is 58.9 Å². The van der Waals surface area contributed by atoms with E-state index in [4.69, 9.17) is 11.6 Å². The molecule has 0 aliphatic carbocycles. The molecule has 2 aliphatic rings. The van der Waals surface area contributed by atoms with Gasteiger partial charge in [-0.1, -0.05) is 22.9 Å². The van der Waals surface area contributed by atoms with E-state index in [9.17, 15) is 14.0 Å². The summed E-state index contributed by atoms with van der Waals surface area (Å²) in [5.74, 6) is -1.53. The lowest BCUT2D eigenvalue weighted by Gasteiger charge is -2.20. The number of amides is 2. The van der Waals surface area contributed by atoms with Crippen molar-refractivity contribution in [3.8, 4) is 0 Å². The van der Waals surface area contributed by atoms with Crippen LogP contribution in [0.25, 0.3) is 0 Å². The first-order chi connectivity index (χ1) is 11.6. The normalized spacial score (nSPS) is 22.4. The molecule has 6 nitrogen and oxygen atoms in total. The smallest absolute Gasteiger partial charge is 0.263 e. The van der Waals surface area contributed by atoms with Crippen molar-refractivity contribution in [3.05, 3.63) is 59.4 Å². The van der Waals surface area contributed by atoms with E-state index < -0.39 is 29.7 Å². The fourth-order valence-electron chi connectivity index (χ4n) is 2.84. The van der Waals surface area contributed by atoms with Gasteiger partial charge in [0.25, 0.3) is 11.8 Å². The molecule has 2 heterocycles. The van der Waals surface area contributed by atoms with Crippen LogP contribution in [0.4, 0.5) is 15.8 Å². The Morgan fingerprint density at radius 2 is 1.75 bits per heavy atom. The van der Waals surface area contributed by atoms with Crippen molar-refractivity contribution in [3.63, 3.8) is 0 Å². The predicted molar refractivity (Wildman–Crippen MR) is 85.3 cm³/mol. The summed E-state index contributed by atoms with van der Waals surface area (Å²) in [4.78, 5) is 26.2. The minimum atomic E-state index is -0.934. The van der Waals surface area contributed by atoms with Gasteiger partial charge in [0.2, 0.25) is 0 Å². The van der Waals surface area contributed by atoms with Crippen molar-refractivity contribution >= 4 is 34.8 Å². The quantitative estimate of drug-likeness (QED) is 0.787. The second-order valence-electron chi connectivity index (χ2n) is 5.41. The summed E-state index contributed by atoms with van der Waals surface area (Å²) in [5, 5.41) is 9.79. The summed E-state index contributed by atoms with van der Waals surface area (Å²) in [7, 11) is 0. The number of hydrogen-bond donors (Lipinski definition) is 0. The van der Waals surface area contributed by atoms with Gasteiger partial charge in [0, 0.05) is 5.02 Å². The van der Waals surface area contributed by atoms with E-state index in [1.165, 1.54) is 23.2 Å². The maximum absolute atomic E-state index is 13.4. The third kappa shape index (κ3) is 2.16. The van der Waals surface area contributed by atoms with Gasteiger partial charge in [-0.25, -0.2) is 14.3 Å². The van der Waals surface area contributed by atoms with Crippen molar-refractivity contribution in [1.29, 1.82) is 0 Å². The van der Waals surface area contributed by atoms with Crippen LogP contribution in [-0.2, 0) is 9.59 Å². The van der Waals surface area contributed by atoms with Crippen LogP contribution >= 0.6 is 11.6 Å². The van der Waals surface area contributed by atoms with Crippen molar-refractivity contribution in [2.75, 3.05) is 9.91 Å². The lowest BCUT2D eigenvalue weighted by molar-refractivity contribution is -0.121. The minimum Gasteiger partial charge on any atom is -0.271 e. The van der Waals surface area contributed by atoms with Gasteiger partial charge in [-0.05, 0) is 42.5 Å². The van der Waals surface area contributed by atoms with E-state index in [2.05, 4.69) is 10.3 Å². The highest BCUT2D eigenvalue weighted by atomic mass is 35.5. The van der Waals surface area contributed by atoms with Gasteiger partial charge >= 0.3 is 0 Å². The summed E-state index contributed by atoms with van der Waals surface area (Å²) in [6.45, 7) is 0. The molecule has 2 aliphatic heterocycles. The van der Waals surface area contributed by atoms with Crippen LogP contribution in [0.1, 0.15) is 0 Å². The van der Waals surface area contributed by atoms with Gasteiger partial charge in [0.15, 0.2) is 12.1 Å². The molecule has 0 radical (unpaired) electrons. The molecule has 2 aromatic carbocycles. The zero-order valence-corrected chi connectivity index (χ0v) is 12.9. The Morgan fingerprint density at radius 3 is 2.46 bits per heavy atom. The molecule has 8 heteroatoms. The van der Waals surface area contributed by atoms with Crippen molar-refractivity contribution < 1.29 is 14.0 Å². The number of carbonyl (C=O) groups excluding carboxylic acids is 2. The molecule has 0 bridgehead atoms. The number of rotatable bonds is 2. The Bertz CT molecular complexity index is 871. The highest BCUT2D eigenvalue weighted by Crippen LogP contribution is 2.35. The molecule has 0 saturated carbocycles. The second kappa shape index (κ2) is 5.38. The lowest BCUT2D eigenvalue weighted by Crippen LogP contribution is -2.39. The first-order valence-corrected chi connectivity index (χ1v) is 7.53. The van der Waals surface area contributed by atoms with E-state index in [0.29, 0.717) is 10.7 Å². The number of imide groups is 1. The lowest BCUT2D eigenvalue weighted by atomic mass is 10.1. The van der Waals surface area contributed by atoms with Crippen LogP contribution in [-0.4, -0.2) is 23.9 Å². The number of carbonyl (C=O) groups is 2. The zero-order valence-electron chi connectivity index (χ0n) is 12.1. The molecular formula is C16H10ClFN4O2. The Kier molecular flexibility index (Phi) is 3.31. The summed E-state index contributed by atoms with van der Waals surface area (Å²) < 4.78 is 13.4. The van der Waals surface area contributed by atoms with Gasteiger partial charge < -0.3 is 0 Å². The second-order valence-corrected chi connectivity index (χ2v) is 5.84. The monoisotopic (exact) mass is 344 g/mol. The number of halogens is 2. The van der Waals surface area contributed by atoms with Crippen molar-refractivity contribution in [1.82, 2.24) is 0 Å². The van der Waals surface area contributed by atoms with E-state index in [0.717, 1.165) is 11.0 Å². The van der Waals surface area contributed by atoms with E-state index in [1.54, 1.807) is 24.3 Å². The third-order valence-electron chi connectivity index (χ3n) is 3.94. The van der Waals surface area contributed by atoms with Crippen LogP contribution in [0.5, 0.6) is 0 Å².